The van der Waals surface area contributed by atoms with E-state index >= 15 is 0 Å². The minimum absolute atomic E-state index is 0.0898. The second kappa shape index (κ2) is 5.87. The third-order valence-corrected chi connectivity index (χ3v) is 3.35. The SMILES string of the molecule is CC/C(=N\O)c1ccc(OC2CCCC2O)cc1. The summed E-state index contributed by atoms with van der Waals surface area (Å²) in [7, 11) is 0. The Bertz CT molecular complexity index is 414. The molecule has 0 aliphatic heterocycles. The average molecular weight is 249 g/mol. The van der Waals surface area contributed by atoms with E-state index in [-0.39, 0.29) is 12.2 Å². The summed E-state index contributed by atoms with van der Waals surface area (Å²) >= 11 is 0. The van der Waals surface area contributed by atoms with Crippen molar-refractivity contribution in [3.63, 3.8) is 0 Å². The molecule has 1 aliphatic carbocycles. The standard InChI is InChI=1S/C14H19NO3/c1-2-12(15-17)10-6-8-11(9-7-10)18-14-5-3-4-13(14)16/h6-9,13-14,16-17H,2-5H2,1H3/b15-12+. The first-order chi connectivity index (χ1) is 8.74. The molecule has 18 heavy (non-hydrogen) atoms. The van der Waals surface area contributed by atoms with Crippen LogP contribution in [-0.2, 0) is 0 Å². The van der Waals surface area contributed by atoms with Gasteiger partial charge in [0.1, 0.15) is 11.9 Å². The van der Waals surface area contributed by atoms with E-state index in [0.29, 0.717) is 12.1 Å². The molecule has 0 amide bonds. The number of ether oxygens (including phenoxy) is 1. The van der Waals surface area contributed by atoms with Gasteiger partial charge in [0.05, 0.1) is 11.8 Å². The Hall–Kier alpha value is -1.55. The minimum Gasteiger partial charge on any atom is -0.488 e. The van der Waals surface area contributed by atoms with Gasteiger partial charge in [-0.1, -0.05) is 12.1 Å². The summed E-state index contributed by atoms with van der Waals surface area (Å²) in [6.07, 6.45) is 2.98. The van der Waals surface area contributed by atoms with Crippen LogP contribution >= 0.6 is 0 Å². The van der Waals surface area contributed by atoms with Crippen LogP contribution in [0.25, 0.3) is 0 Å². The van der Waals surface area contributed by atoms with Gasteiger partial charge in [0.15, 0.2) is 0 Å². The van der Waals surface area contributed by atoms with Crippen molar-refractivity contribution in [1.29, 1.82) is 0 Å². The monoisotopic (exact) mass is 249 g/mol. The van der Waals surface area contributed by atoms with Gasteiger partial charge in [0, 0.05) is 0 Å². The molecule has 2 unspecified atom stereocenters. The van der Waals surface area contributed by atoms with Crippen molar-refractivity contribution >= 4 is 5.71 Å². The van der Waals surface area contributed by atoms with Gasteiger partial charge in [-0.05, 0) is 55.5 Å². The van der Waals surface area contributed by atoms with Crippen LogP contribution in [0.1, 0.15) is 38.2 Å². The van der Waals surface area contributed by atoms with Crippen LogP contribution in [0.4, 0.5) is 0 Å². The average Bonchev–Trinajstić information content (AvgIpc) is 2.79. The third kappa shape index (κ3) is 2.82. The molecule has 1 saturated carbocycles. The van der Waals surface area contributed by atoms with Crippen LogP contribution in [-0.4, -0.2) is 28.2 Å². The van der Waals surface area contributed by atoms with Crippen LogP contribution in [0.3, 0.4) is 0 Å². The highest BCUT2D eigenvalue weighted by molar-refractivity contribution is 6.00. The second-order valence-electron chi connectivity index (χ2n) is 4.58. The third-order valence-electron chi connectivity index (χ3n) is 3.35. The van der Waals surface area contributed by atoms with E-state index in [1.165, 1.54) is 0 Å². The first-order valence-corrected chi connectivity index (χ1v) is 6.40. The fourth-order valence-corrected chi connectivity index (χ4v) is 2.28. The van der Waals surface area contributed by atoms with Crippen LogP contribution < -0.4 is 4.74 Å². The molecule has 2 rings (SSSR count). The summed E-state index contributed by atoms with van der Waals surface area (Å²) < 4.78 is 5.74. The van der Waals surface area contributed by atoms with Crippen LogP contribution in [0, 0.1) is 0 Å². The zero-order chi connectivity index (χ0) is 13.0. The molecule has 4 heteroatoms. The maximum atomic E-state index is 9.69. The lowest BCUT2D eigenvalue weighted by atomic mass is 10.1. The molecular weight excluding hydrogens is 230 g/mol. The molecule has 0 heterocycles. The predicted molar refractivity (Wildman–Crippen MR) is 69.3 cm³/mol. The van der Waals surface area contributed by atoms with Gasteiger partial charge in [-0.3, -0.25) is 0 Å². The van der Waals surface area contributed by atoms with Crippen molar-refractivity contribution in [3.8, 4) is 5.75 Å². The Kier molecular flexibility index (Phi) is 4.20. The molecule has 4 nitrogen and oxygen atoms in total. The van der Waals surface area contributed by atoms with Crippen molar-refractivity contribution < 1.29 is 15.1 Å². The molecule has 1 aromatic rings. The van der Waals surface area contributed by atoms with Crippen molar-refractivity contribution in [1.82, 2.24) is 0 Å². The van der Waals surface area contributed by atoms with E-state index in [1.807, 2.05) is 31.2 Å². The molecule has 0 bridgehead atoms. The number of hydrogen-bond acceptors (Lipinski definition) is 4. The van der Waals surface area contributed by atoms with Gasteiger partial charge in [-0.15, -0.1) is 0 Å². The zero-order valence-electron chi connectivity index (χ0n) is 10.5. The largest absolute Gasteiger partial charge is 0.488 e. The number of rotatable bonds is 4. The molecular formula is C14H19NO3. The molecule has 0 spiro atoms. The molecule has 1 aromatic carbocycles. The Morgan fingerprint density at radius 1 is 1.33 bits per heavy atom. The summed E-state index contributed by atoms with van der Waals surface area (Å²) in [5, 5.41) is 21.8. The number of oxime groups is 1. The smallest absolute Gasteiger partial charge is 0.124 e. The minimum atomic E-state index is -0.352. The van der Waals surface area contributed by atoms with Gasteiger partial charge in [-0.2, -0.15) is 0 Å². The molecule has 0 aromatic heterocycles. The highest BCUT2D eigenvalue weighted by atomic mass is 16.5. The first kappa shape index (κ1) is 12.9. The Balaban J connectivity index is 2.03. The predicted octanol–water partition coefficient (Wildman–Crippen LogP) is 2.57. The number of nitrogens with zero attached hydrogens (tertiary/aromatic N) is 1. The quantitative estimate of drug-likeness (QED) is 0.490. The lowest BCUT2D eigenvalue weighted by molar-refractivity contribution is 0.0604. The summed E-state index contributed by atoms with van der Waals surface area (Å²) in [5.74, 6) is 0.748. The molecule has 2 atom stereocenters. The van der Waals surface area contributed by atoms with E-state index in [0.717, 1.165) is 30.6 Å². The Morgan fingerprint density at radius 3 is 2.56 bits per heavy atom. The zero-order valence-corrected chi connectivity index (χ0v) is 10.5. The molecule has 0 saturated heterocycles. The van der Waals surface area contributed by atoms with Gasteiger partial charge >= 0.3 is 0 Å². The summed E-state index contributed by atoms with van der Waals surface area (Å²) in [4.78, 5) is 0. The van der Waals surface area contributed by atoms with Crippen molar-refractivity contribution in [2.75, 3.05) is 0 Å². The lowest BCUT2D eigenvalue weighted by Crippen LogP contribution is -2.25. The van der Waals surface area contributed by atoms with Crippen LogP contribution in [0.5, 0.6) is 5.75 Å². The summed E-state index contributed by atoms with van der Waals surface area (Å²) in [6, 6.07) is 7.44. The van der Waals surface area contributed by atoms with Crippen molar-refractivity contribution in [3.05, 3.63) is 29.8 Å². The van der Waals surface area contributed by atoms with Gasteiger partial charge < -0.3 is 15.1 Å². The van der Waals surface area contributed by atoms with E-state index in [9.17, 15) is 5.11 Å². The molecule has 0 radical (unpaired) electrons. The topological polar surface area (TPSA) is 62.1 Å². The summed E-state index contributed by atoms with van der Waals surface area (Å²) in [6.45, 7) is 1.94. The Morgan fingerprint density at radius 2 is 2.06 bits per heavy atom. The molecule has 1 fully saturated rings. The second-order valence-corrected chi connectivity index (χ2v) is 4.58. The number of benzene rings is 1. The van der Waals surface area contributed by atoms with Crippen LogP contribution in [0.15, 0.2) is 29.4 Å². The van der Waals surface area contributed by atoms with Gasteiger partial charge in [0.25, 0.3) is 0 Å². The van der Waals surface area contributed by atoms with E-state index in [1.54, 1.807) is 0 Å². The maximum Gasteiger partial charge on any atom is 0.124 e. The molecule has 1 aliphatic rings. The molecule has 2 N–H and O–H groups in total. The van der Waals surface area contributed by atoms with Gasteiger partial charge in [-0.25, -0.2) is 0 Å². The summed E-state index contributed by atoms with van der Waals surface area (Å²) in [5.41, 5.74) is 1.54. The lowest BCUT2D eigenvalue weighted by Gasteiger charge is -2.17. The van der Waals surface area contributed by atoms with E-state index < -0.39 is 0 Å². The van der Waals surface area contributed by atoms with Crippen molar-refractivity contribution in [2.45, 2.75) is 44.8 Å². The normalized spacial score (nSPS) is 24.2. The van der Waals surface area contributed by atoms with Crippen molar-refractivity contribution in [2.24, 2.45) is 5.16 Å². The van der Waals surface area contributed by atoms with E-state index in [2.05, 4.69) is 5.16 Å². The number of aliphatic hydroxyl groups excluding tert-OH is 1. The fraction of sp³-hybridized carbons (Fsp3) is 0.500. The highest BCUT2D eigenvalue weighted by Gasteiger charge is 2.26. The highest BCUT2D eigenvalue weighted by Crippen LogP contribution is 2.25. The van der Waals surface area contributed by atoms with E-state index in [4.69, 9.17) is 9.94 Å². The first-order valence-electron chi connectivity index (χ1n) is 6.40. The van der Waals surface area contributed by atoms with Crippen LogP contribution in [0.2, 0.25) is 0 Å². The fourth-order valence-electron chi connectivity index (χ4n) is 2.28. The molecule has 98 valence electrons. The number of hydrogen-bond donors (Lipinski definition) is 2. The Labute approximate surface area is 107 Å². The number of aliphatic hydroxyl groups is 1. The van der Waals surface area contributed by atoms with Gasteiger partial charge in [0.2, 0.25) is 0 Å². The maximum absolute atomic E-state index is 9.69.